The summed E-state index contributed by atoms with van der Waals surface area (Å²) >= 11 is 0. The predicted octanol–water partition coefficient (Wildman–Crippen LogP) is 2.04. The van der Waals surface area contributed by atoms with Crippen molar-refractivity contribution in [3.63, 3.8) is 0 Å². The predicted molar refractivity (Wildman–Crippen MR) is 52.7 cm³/mol. The van der Waals surface area contributed by atoms with Crippen molar-refractivity contribution in [2.45, 2.75) is 12.5 Å². The number of aliphatic hydroxyl groups is 1. The molecule has 0 radical (unpaired) electrons. The second-order valence-corrected chi connectivity index (χ2v) is 2.76. The SMILES string of the molecule is Cl.NC(CO)c1cccc(C(F)F)c1. The molecule has 0 saturated carbocycles. The lowest BCUT2D eigenvalue weighted by Gasteiger charge is -2.09. The van der Waals surface area contributed by atoms with Crippen molar-refractivity contribution in [2.24, 2.45) is 5.73 Å². The fourth-order valence-corrected chi connectivity index (χ4v) is 1.03. The molecule has 80 valence electrons. The average molecular weight is 224 g/mol. The molecule has 1 rings (SSSR count). The Bertz CT molecular complexity index is 283. The maximum absolute atomic E-state index is 12.2. The molecule has 0 amide bonds. The molecule has 5 heteroatoms. The summed E-state index contributed by atoms with van der Waals surface area (Å²) in [6.07, 6.45) is -2.49. The van der Waals surface area contributed by atoms with Gasteiger partial charge in [0.05, 0.1) is 12.6 Å². The molecule has 1 unspecified atom stereocenters. The second kappa shape index (κ2) is 5.90. The topological polar surface area (TPSA) is 46.2 Å². The van der Waals surface area contributed by atoms with E-state index in [0.717, 1.165) is 0 Å². The summed E-state index contributed by atoms with van der Waals surface area (Å²) in [5.74, 6) is 0. The van der Waals surface area contributed by atoms with Gasteiger partial charge in [-0.2, -0.15) is 0 Å². The van der Waals surface area contributed by atoms with Crippen molar-refractivity contribution in [1.82, 2.24) is 0 Å². The van der Waals surface area contributed by atoms with Crippen LogP contribution in [-0.4, -0.2) is 11.7 Å². The Labute approximate surface area is 87.1 Å². The maximum Gasteiger partial charge on any atom is 0.263 e. The smallest absolute Gasteiger partial charge is 0.263 e. The molecule has 0 saturated heterocycles. The van der Waals surface area contributed by atoms with Gasteiger partial charge in [0.2, 0.25) is 0 Å². The van der Waals surface area contributed by atoms with Gasteiger partial charge in [-0.3, -0.25) is 0 Å². The standard InChI is InChI=1S/C9H11F2NO.ClH/c10-9(11)7-3-1-2-6(4-7)8(12)5-13;/h1-4,8-9,13H,5,12H2;1H. The van der Waals surface area contributed by atoms with Crippen LogP contribution >= 0.6 is 12.4 Å². The zero-order valence-corrected chi connectivity index (χ0v) is 8.18. The molecule has 0 fully saturated rings. The van der Waals surface area contributed by atoms with Crippen molar-refractivity contribution < 1.29 is 13.9 Å². The van der Waals surface area contributed by atoms with E-state index < -0.39 is 12.5 Å². The molecular weight excluding hydrogens is 212 g/mol. The van der Waals surface area contributed by atoms with E-state index in [1.54, 1.807) is 6.07 Å². The van der Waals surface area contributed by atoms with Crippen molar-refractivity contribution >= 4 is 12.4 Å². The lowest BCUT2D eigenvalue weighted by molar-refractivity contribution is 0.151. The van der Waals surface area contributed by atoms with Gasteiger partial charge < -0.3 is 10.8 Å². The van der Waals surface area contributed by atoms with Crippen LogP contribution < -0.4 is 5.73 Å². The van der Waals surface area contributed by atoms with Crippen molar-refractivity contribution in [3.05, 3.63) is 35.4 Å². The summed E-state index contributed by atoms with van der Waals surface area (Å²) in [5, 5.41) is 8.71. The summed E-state index contributed by atoms with van der Waals surface area (Å²) < 4.78 is 24.4. The van der Waals surface area contributed by atoms with Gasteiger partial charge in [0.25, 0.3) is 6.43 Å². The van der Waals surface area contributed by atoms with E-state index in [4.69, 9.17) is 10.8 Å². The Kier molecular flexibility index (Phi) is 5.60. The molecule has 14 heavy (non-hydrogen) atoms. The van der Waals surface area contributed by atoms with Gasteiger partial charge in [-0.05, 0) is 11.6 Å². The average Bonchev–Trinajstić information content (AvgIpc) is 2.17. The zero-order valence-electron chi connectivity index (χ0n) is 7.36. The van der Waals surface area contributed by atoms with Crippen LogP contribution in [0.3, 0.4) is 0 Å². The Hall–Kier alpha value is -0.710. The minimum atomic E-state index is -2.49. The number of nitrogens with two attached hydrogens (primary N) is 1. The van der Waals surface area contributed by atoms with Gasteiger partial charge in [0.15, 0.2) is 0 Å². The fourth-order valence-electron chi connectivity index (χ4n) is 1.03. The zero-order chi connectivity index (χ0) is 9.84. The van der Waals surface area contributed by atoms with E-state index in [1.807, 2.05) is 0 Å². The lowest BCUT2D eigenvalue weighted by Crippen LogP contribution is -2.14. The van der Waals surface area contributed by atoms with E-state index >= 15 is 0 Å². The summed E-state index contributed by atoms with van der Waals surface area (Å²) in [7, 11) is 0. The van der Waals surface area contributed by atoms with Crippen LogP contribution in [0.4, 0.5) is 8.78 Å². The molecule has 0 aliphatic carbocycles. The van der Waals surface area contributed by atoms with Gasteiger partial charge in [0, 0.05) is 5.56 Å². The highest BCUT2D eigenvalue weighted by molar-refractivity contribution is 5.85. The largest absolute Gasteiger partial charge is 0.394 e. The van der Waals surface area contributed by atoms with Crippen LogP contribution in [0.1, 0.15) is 23.6 Å². The maximum atomic E-state index is 12.2. The van der Waals surface area contributed by atoms with Crippen LogP contribution in [0.25, 0.3) is 0 Å². The lowest BCUT2D eigenvalue weighted by atomic mass is 10.1. The molecule has 0 aliphatic heterocycles. The van der Waals surface area contributed by atoms with Crippen LogP contribution in [0.2, 0.25) is 0 Å². The molecule has 0 aliphatic rings. The van der Waals surface area contributed by atoms with Gasteiger partial charge in [-0.25, -0.2) is 8.78 Å². The quantitative estimate of drug-likeness (QED) is 0.824. The van der Waals surface area contributed by atoms with Crippen molar-refractivity contribution in [3.8, 4) is 0 Å². The Morgan fingerprint density at radius 2 is 1.86 bits per heavy atom. The number of hydrogen-bond acceptors (Lipinski definition) is 2. The third-order valence-corrected chi connectivity index (χ3v) is 1.79. The number of alkyl halides is 2. The highest BCUT2D eigenvalue weighted by atomic mass is 35.5. The molecule has 2 nitrogen and oxygen atoms in total. The highest BCUT2D eigenvalue weighted by Crippen LogP contribution is 2.21. The Morgan fingerprint density at radius 1 is 1.29 bits per heavy atom. The molecule has 0 aromatic heterocycles. The van der Waals surface area contributed by atoms with Crippen molar-refractivity contribution in [1.29, 1.82) is 0 Å². The normalized spacial score (nSPS) is 12.4. The summed E-state index contributed by atoms with van der Waals surface area (Å²) in [6, 6.07) is 5.18. The van der Waals surface area contributed by atoms with E-state index in [-0.39, 0.29) is 24.6 Å². The first-order chi connectivity index (χ1) is 6.15. The summed E-state index contributed by atoms with van der Waals surface area (Å²) in [5.41, 5.74) is 5.93. The number of hydrogen-bond donors (Lipinski definition) is 2. The monoisotopic (exact) mass is 223 g/mol. The molecular formula is C9H12ClF2NO. The fraction of sp³-hybridized carbons (Fsp3) is 0.333. The minimum Gasteiger partial charge on any atom is -0.394 e. The van der Waals surface area contributed by atoms with Crippen LogP contribution in [0.5, 0.6) is 0 Å². The van der Waals surface area contributed by atoms with E-state index in [2.05, 4.69) is 0 Å². The molecule has 1 atom stereocenters. The molecule has 1 aromatic carbocycles. The molecule has 1 aromatic rings. The van der Waals surface area contributed by atoms with E-state index in [9.17, 15) is 8.78 Å². The molecule has 3 N–H and O–H groups in total. The first kappa shape index (κ1) is 13.3. The molecule has 0 bridgehead atoms. The van der Waals surface area contributed by atoms with Crippen LogP contribution in [0.15, 0.2) is 24.3 Å². The summed E-state index contributed by atoms with van der Waals surface area (Å²) in [4.78, 5) is 0. The molecule has 0 heterocycles. The Morgan fingerprint density at radius 3 is 2.36 bits per heavy atom. The van der Waals surface area contributed by atoms with E-state index in [0.29, 0.717) is 5.56 Å². The third kappa shape index (κ3) is 3.21. The van der Waals surface area contributed by atoms with Crippen molar-refractivity contribution in [2.75, 3.05) is 6.61 Å². The molecule has 0 spiro atoms. The first-order valence-electron chi connectivity index (χ1n) is 3.89. The Balaban J connectivity index is 0.00000169. The number of rotatable bonds is 3. The first-order valence-corrected chi connectivity index (χ1v) is 3.89. The number of aliphatic hydroxyl groups excluding tert-OH is 1. The third-order valence-electron chi connectivity index (χ3n) is 1.79. The van der Waals surface area contributed by atoms with E-state index in [1.165, 1.54) is 18.2 Å². The second-order valence-electron chi connectivity index (χ2n) is 2.76. The number of benzene rings is 1. The van der Waals surface area contributed by atoms with Crippen LogP contribution in [-0.2, 0) is 0 Å². The van der Waals surface area contributed by atoms with Gasteiger partial charge in [0.1, 0.15) is 0 Å². The highest BCUT2D eigenvalue weighted by Gasteiger charge is 2.09. The minimum absolute atomic E-state index is 0. The van der Waals surface area contributed by atoms with Crippen LogP contribution in [0, 0.1) is 0 Å². The van der Waals surface area contributed by atoms with Gasteiger partial charge in [-0.15, -0.1) is 12.4 Å². The van der Waals surface area contributed by atoms with Gasteiger partial charge in [-0.1, -0.05) is 18.2 Å². The summed E-state index contributed by atoms with van der Waals surface area (Å²) in [6.45, 7) is -0.243. The number of halogens is 3. The van der Waals surface area contributed by atoms with Gasteiger partial charge >= 0.3 is 0 Å².